The first kappa shape index (κ1) is 14.0. The van der Waals surface area contributed by atoms with Crippen molar-refractivity contribution in [3.8, 4) is 5.75 Å². The fourth-order valence-electron chi connectivity index (χ4n) is 1.76. The highest BCUT2D eigenvalue weighted by atomic mass is 16.5. The summed E-state index contributed by atoms with van der Waals surface area (Å²) in [4.78, 5) is 0. The highest BCUT2D eigenvalue weighted by Crippen LogP contribution is 2.29. The average molecular weight is 236 g/mol. The number of benzene rings is 1. The molecule has 17 heavy (non-hydrogen) atoms. The number of para-hydroxylation sites is 1. The second kappa shape index (κ2) is 6.65. The molecule has 0 aliphatic rings. The highest BCUT2D eigenvalue weighted by Gasteiger charge is 2.14. The van der Waals surface area contributed by atoms with Crippen LogP contribution in [0.5, 0.6) is 5.75 Å². The van der Waals surface area contributed by atoms with Crippen LogP contribution < -0.4 is 4.74 Å². The number of aliphatic hydroxyl groups is 1. The SMILES string of the molecule is CC(C)CCC(O)c1ccccc1OC(C)C. The van der Waals surface area contributed by atoms with Crippen LogP contribution in [0.2, 0.25) is 0 Å². The van der Waals surface area contributed by atoms with Crippen molar-refractivity contribution in [2.24, 2.45) is 5.92 Å². The van der Waals surface area contributed by atoms with Crippen molar-refractivity contribution in [2.45, 2.75) is 52.7 Å². The van der Waals surface area contributed by atoms with E-state index in [9.17, 15) is 5.11 Å². The van der Waals surface area contributed by atoms with Crippen LogP contribution >= 0.6 is 0 Å². The molecule has 0 radical (unpaired) electrons. The summed E-state index contributed by atoms with van der Waals surface area (Å²) in [6.07, 6.45) is 1.52. The maximum atomic E-state index is 10.2. The Labute approximate surface area is 105 Å². The van der Waals surface area contributed by atoms with Gasteiger partial charge in [-0.25, -0.2) is 0 Å². The standard InChI is InChI=1S/C15H24O2/c1-11(2)9-10-14(16)13-7-5-6-8-15(13)17-12(3)4/h5-8,11-12,14,16H,9-10H2,1-4H3. The van der Waals surface area contributed by atoms with Crippen LogP contribution in [0.1, 0.15) is 52.2 Å². The van der Waals surface area contributed by atoms with Crippen LogP contribution in [0.25, 0.3) is 0 Å². The highest BCUT2D eigenvalue weighted by molar-refractivity contribution is 5.35. The summed E-state index contributed by atoms with van der Waals surface area (Å²) in [5, 5.41) is 10.2. The van der Waals surface area contributed by atoms with Gasteiger partial charge in [-0.3, -0.25) is 0 Å². The van der Waals surface area contributed by atoms with E-state index in [1.54, 1.807) is 0 Å². The van der Waals surface area contributed by atoms with Gasteiger partial charge in [-0.1, -0.05) is 32.0 Å². The summed E-state index contributed by atoms with van der Waals surface area (Å²) in [7, 11) is 0. The lowest BCUT2D eigenvalue weighted by atomic mass is 9.99. The van der Waals surface area contributed by atoms with Gasteiger partial charge in [0.05, 0.1) is 12.2 Å². The average Bonchev–Trinajstić information content (AvgIpc) is 2.25. The van der Waals surface area contributed by atoms with Crippen LogP contribution in [0.4, 0.5) is 0 Å². The van der Waals surface area contributed by atoms with E-state index in [-0.39, 0.29) is 6.10 Å². The number of rotatable bonds is 6. The Kier molecular flexibility index (Phi) is 5.49. The van der Waals surface area contributed by atoms with Gasteiger partial charge in [0.15, 0.2) is 0 Å². The van der Waals surface area contributed by atoms with Gasteiger partial charge in [0, 0.05) is 5.56 Å². The molecule has 1 aromatic rings. The molecule has 0 aliphatic carbocycles. The Bertz CT molecular complexity index is 331. The minimum Gasteiger partial charge on any atom is -0.491 e. The quantitative estimate of drug-likeness (QED) is 0.810. The van der Waals surface area contributed by atoms with Crippen LogP contribution in [-0.2, 0) is 0 Å². The molecule has 0 aromatic heterocycles. The van der Waals surface area contributed by atoms with Gasteiger partial charge in [-0.05, 0) is 38.7 Å². The first-order valence-electron chi connectivity index (χ1n) is 6.44. The van der Waals surface area contributed by atoms with E-state index in [0.29, 0.717) is 5.92 Å². The zero-order valence-electron chi connectivity index (χ0n) is 11.3. The lowest BCUT2D eigenvalue weighted by Gasteiger charge is -2.18. The first-order valence-corrected chi connectivity index (χ1v) is 6.44. The maximum Gasteiger partial charge on any atom is 0.125 e. The summed E-state index contributed by atoms with van der Waals surface area (Å²) < 4.78 is 5.71. The molecule has 0 amide bonds. The molecular weight excluding hydrogens is 212 g/mol. The molecule has 1 rings (SSSR count). The zero-order valence-corrected chi connectivity index (χ0v) is 11.3. The molecule has 0 bridgehead atoms. The summed E-state index contributed by atoms with van der Waals surface area (Å²) in [5.41, 5.74) is 0.904. The summed E-state index contributed by atoms with van der Waals surface area (Å²) >= 11 is 0. The van der Waals surface area contributed by atoms with Gasteiger partial charge in [-0.15, -0.1) is 0 Å². The maximum absolute atomic E-state index is 10.2. The zero-order chi connectivity index (χ0) is 12.8. The molecule has 0 aliphatic heterocycles. The fourth-order valence-corrected chi connectivity index (χ4v) is 1.76. The molecule has 0 saturated heterocycles. The number of hydrogen-bond acceptors (Lipinski definition) is 2. The third kappa shape index (κ3) is 4.78. The van der Waals surface area contributed by atoms with Gasteiger partial charge in [0.1, 0.15) is 5.75 Å². The molecule has 0 saturated carbocycles. The van der Waals surface area contributed by atoms with Crippen molar-refractivity contribution < 1.29 is 9.84 Å². The molecule has 1 aromatic carbocycles. The van der Waals surface area contributed by atoms with Crippen molar-refractivity contribution in [1.29, 1.82) is 0 Å². The molecule has 0 spiro atoms. The molecule has 96 valence electrons. The molecule has 0 heterocycles. The van der Waals surface area contributed by atoms with E-state index in [1.807, 2.05) is 38.1 Å². The predicted octanol–water partition coefficient (Wildman–Crippen LogP) is 3.94. The van der Waals surface area contributed by atoms with E-state index in [4.69, 9.17) is 4.74 Å². The normalized spacial score (nSPS) is 13.1. The Balaban J connectivity index is 2.74. The largest absolute Gasteiger partial charge is 0.491 e. The number of ether oxygens (including phenoxy) is 1. The second-order valence-corrected chi connectivity index (χ2v) is 5.19. The molecule has 1 N–H and O–H groups in total. The monoisotopic (exact) mass is 236 g/mol. The third-order valence-corrected chi connectivity index (χ3v) is 2.66. The van der Waals surface area contributed by atoms with Gasteiger partial charge in [0.2, 0.25) is 0 Å². The van der Waals surface area contributed by atoms with Crippen LogP contribution in [0.15, 0.2) is 24.3 Å². The Hall–Kier alpha value is -1.02. The first-order chi connectivity index (χ1) is 8.00. The molecule has 2 nitrogen and oxygen atoms in total. The van der Waals surface area contributed by atoms with Gasteiger partial charge < -0.3 is 9.84 Å². The molecule has 1 unspecified atom stereocenters. The minimum absolute atomic E-state index is 0.133. The van der Waals surface area contributed by atoms with E-state index >= 15 is 0 Å². The van der Waals surface area contributed by atoms with Crippen molar-refractivity contribution in [1.82, 2.24) is 0 Å². The van der Waals surface area contributed by atoms with Crippen molar-refractivity contribution in [3.63, 3.8) is 0 Å². The van der Waals surface area contributed by atoms with Crippen molar-refractivity contribution >= 4 is 0 Å². The van der Waals surface area contributed by atoms with Crippen LogP contribution in [0.3, 0.4) is 0 Å². The third-order valence-electron chi connectivity index (χ3n) is 2.66. The van der Waals surface area contributed by atoms with E-state index < -0.39 is 6.10 Å². The minimum atomic E-state index is -0.424. The van der Waals surface area contributed by atoms with Gasteiger partial charge >= 0.3 is 0 Å². The van der Waals surface area contributed by atoms with Crippen LogP contribution in [0, 0.1) is 5.92 Å². The van der Waals surface area contributed by atoms with Gasteiger partial charge in [0.25, 0.3) is 0 Å². The van der Waals surface area contributed by atoms with E-state index in [0.717, 1.165) is 24.2 Å². The summed E-state index contributed by atoms with van der Waals surface area (Å²) in [6.45, 7) is 8.33. The number of hydrogen-bond donors (Lipinski definition) is 1. The fraction of sp³-hybridized carbons (Fsp3) is 0.600. The summed E-state index contributed by atoms with van der Waals surface area (Å²) in [5.74, 6) is 1.42. The van der Waals surface area contributed by atoms with Crippen LogP contribution in [-0.4, -0.2) is 11.2 Å². The number of aliphatic hydroxyl groups excluding tert-OH is 1. The second-order valence-electron chi connectivity index (χ2n) is 5.19. The van der Waals surface area contributed by atoms with Gasteiger partial charge in [-0.2, -0.15) is 0 Å². The Morgan fingerprint density at radius 2 is 1.71 bits per heavy atom. The topological polar surface area (TPSA) is 29.5 Å². The molecular formula is C15H24O2. The Morgan fingerprint density at radius 1 is 1.06 bits per heavy atom. The Morgan fingerprint density at radius 3 is 2.29 bits per heavy atom. The predicted molar refractivity (Wildman–Crippen MR) is 71.2 cm³/mol. The molecule has 1 atom stereocenters. The van der Waals surface area contributed by atoms with Crippen molar-refractivity contribution in [2.75, 3.05) is 0 Å². The van der Waals surface area contributed by atoms with E-state index in [2.05, 4.69) is 13.8 Å². The molecule has 0 fully saturated rings. The summed E-state index contributed by atoms with van der Waals surface area (Å²) in [6, 6.07) is 7.76. The molecule has 2 heteroatoms. The lowest BCUT2D eigenvalue weighted by Crippen LogP contribution is -2.09. The smallest absolute Gasteiger partial charge is 0.125 e. The van der Waals surface area contributed by atoms with Crippen molar-refractivity contribution in [3.05, 3.63) is 29.8 Å². The van der Waals surface area contributed by atoms with E-state index in [1.165, 1.54) is 0 Å². The lowest BCUT2D eigenvalue weighted by molar-refractivity contribution is 0.149.